The molecule has 1 aliphatic heterocycles. The Morgan fingerprint density at radius 3 is 2.09 bits per heavy atom. The van der Waals surface area contributed by atoms with Crippen molar-refractivity contribution < 1.29 is 19.1 Å². The Morgan fingerprint density at radius 1 is 0.939 bits per heavy atom. The zero-order chi connectivity index (χ0) is 22.9. The van der Waals surface area contributed by atoms with Crippen LogP contribution in [0, 0.1) is 49.4 Å². The number of likely N-dealkylation sites (tertiary alicyclic amines) is 1. The van der Waals surface area contributed by atoms with Gasteiger partial charge < -0.3 is 4.74 Å². The first-order valence-electron chi connectivity index (χ1n) is 11.8. The second-order valence-corrected chi connectivity index (χ2v) is 10.2. The van der Waals surface area contributed by atoms with Crippen molar-refractivity contribution in [2.24, 2.45) is 35.5 Å². The van der Waals surface area contributed by atoms with Crippen molar-refractivity contribution >= 4 is 17.8 Å². The van der Waals surface area contributed by atoms with Crippen LogP contribution >= 0.6 is 0 Å². The van der Waals surface area contributed by atoms with Gasteiger partial charge in [0.25, 0.3) is 0 Å². The van der Waals surface area contributed by atoms with Gasteiger partial charge in [0.1, 0.15) is 11.8 Å². The molecule has 5 aliphatic rings. The highest BCUT2D eigenvalue weighted by Gasteiger charge is 2.68. The summed E-state index contributed by atoms with van der Waals surface area (Å²) in [7, 11) is 0. The number of amides is 2. The molecule has 2 aromatic rings. The molecule has 3 fully saturated rings. The zero-order valence-electron chi connectivity index (χ0n) is 18.8. The maximum Gasteiger partial charge on any atom is 0.335 e. The van der Waals surface area contributed by atoms with E-state index in [1.807, 2.05) is 50.2 Å². The molecule has 0 unspecified atom stereocenters. The Bertz CT molecular complexity index is 1130. The molecule has 1 heterocycles. The third-order valence-corrected chi connectivity index (χ3v) is 7.97. The van der Waals surface area contributed by atoms with E-state index in [0.717, 1.165) is 23.1 Å². The number of ether oxygens (including phenoxy) is 1. The Morgan fingerprint density at radius 2 is 1.52 bits per heavy atom. The Hall–Kier alpha value is -3.21. The van der Waals surface area contributed by atoms with Gasteiger partial charge in [-0.05, 0) is 72.8 Å². The Balaban J connectivity index is 1.34. The molecule has 7 atom stereocenters. The highest BCUT2D eigenvalue weighted by Crippen LogP contribution is 2.65. The van der Waals surface area contributed by atoms with Crippen LogP contribution in [-0.4, -0.2) is 28.7 Å². The molecule has 0 radical (unpaired) electrons. The van der Waals surface area contributed by atoms with Crippen LogP contribution in [0.15, 0.2) is 60.7 Å². The number of rotatable bonds is 5. The van der Waals surface area contributed by atoms with Crippen molar-refractivity contribution in [1.82, 2.24) is 4.90 Å². The summed E-state index contributed by atoms with van der Waals surface area (Å²) >= 11 is 0. The molecule has 0 N–H and O–H groups in total. The van der Waals surface area contributed by atoms with Gasteiger partial charge in [-0.25, -0.2) is 4.79 Å². The van der Waals surface area contributed by atoms with Gasteiger partial charge in [-0.2, -0.15) is 0 Å². The summed E-state index contributed by atoms with van der Waals surface area (Å²) in [5.74, 6) is 0.108. The van der Waals surface area contributed by atoms with Gasteiger partial charge in [-0.15, -0.1) is 0 Å². The van der Waals surface area contributed by atoms with E-state index >= 15 is 0 Å². The molecule has 2 bridgehead atoms. The number of benzene rings is 2. The van der Waals surface area contributed by atoms with Crippen LogP contribution < -0.4 is 4.74 Å². The number of aryl methyl sites for hydroxylation is 2. The fourth-order valence-corrected chi connectivity index (χ4v) is 6.58. The van der Waals surface area contributed by atoms with Crippen molar-refractivity contribution in [2.45, 2.75) is 32.7 Å². The molecule has 2 saturated carbocycles. The maximum atomic E-state index is 13.7. The van der Waals surface area contributed by atoms with Crippen LogP contribution in [0.2, 0.25) is 0 Å². The Labute approximate surface area is 193 Å². The maximum absolute atomic E-state index is 13.7. The molecular formula is C28H27NO4. The molecule has 5 heteroatoms. The largest absolute Gasteiger partial charge is 0.425 e. The van der Waals surface area contributed by atoms with Crippen LogP contribution in [0.25, 0.3) is 0 Å². The summed E-state index contributed by atoms with van der Waals surface area (Å²) in [4.78, 5) is 42.1. The number of hydrogen-bond donors (Lipinski definition) is 0. The quantitative estimate of drug-likeness (QED) is 0.306. The minimum atomic E-state index is -0.977. The average molecular weight is 442 g/mol. The lowest BCUT2D eigenvalue weighted by Gasteiger charge is -2.37. The molecule has 33 heavy (non-hydrogen) atoms. The minimum absolute atomic E-state index is 0.124. The van der Waals surface area contributed by atoms with Gasteiger partial charge in [0.2, 0.25) is 11.8 Å². The number of carbonyl (C=O) groups is 3. The van der Waals surface area contributed by atoms with Crippen molar-refractivity contribution in [3.63, 3.8) is 0 Å². The summed E-state index contributed by atoms with van der Waals surface area (Å²) in [5.41, 5.74) is 2.86. The SMILES string of the molecule is Cc1cc(C)cc(OC(=O)[C@@H](Cc2ccccc2)N2C(=O)[C@@H]3[C@@H]4C=C[C@H]([C@H]5C[C@H]45)[C@@H]3C2=O)c1. The molecule has 1 saturated heterocycles. The first-order valence-corrected chi connectivity index (χ1v) is 11.8. The molecule has 5 nitrogen and oxygen atoms in total. The summed E-state index contributed by atoms with van der Waals surface area (Å²) in [5, 5.41) is 0. The summed E-state index contributed by atoms with van der Waals surface area (Å²) in [6, 6.07) is 14.2. The monoisotopic (exact) mass is 441 g/mol. The van der Waals surface area contributed by atoms with Crippen LogP contribution in [-0.2, 0) is 20.8 Å². The van der Waals surface area contributed by atoms with Gasteiger partial charge in [0.15, 0.2) is 0 Å². The average Bonchev–Trinajstić information content (AvgIpc) is 3.56. The molecule has 7 rings (SSSR count). The number of nitrogens with zero attached hydrogens (tertiary/aromatic N) is 1. The predicted octanol–water partition coefficient (Wildman–Crippen LogP) is 3.87. The molecule has 2 amide bonds. The van der Waals surface area contributed by atoms with E-state index in [4.69, 9.17) is 4.74 Å². The molecule has 168 valence electrons. The number of esters is 1. The van der Waals surface area contributed by atoms with E-state index in [0.29, 0.717) is 17.6 Å². The normalized spacial score (nSPS) is 31.9. The number of imide groups is 1. The minimum Gasteiger partial charge on any atom is -0.425 e. The standard InChI is InChI=1S/C28H27NO4/c1-15-10-16(2)12-18(11-15)33-28(32)23(13-17-6-4-3-5-7-17)29-26(30)24-19-8-9-20(22-14-21(19)22)25(24)27(29)31/h3-12,19-25H,13-14H2,1-2H3/t19-,20-,21-,22-,23-,24-,25+/m1/s1. The van der Waals surface area contributed by atoms with E-state index in [1.165, 1.54) is 4.90 Å². The zero-order valence-corrected chi connectivity index (χ0v) is 18.8. The lowest BCUT2D eigenvalue weighted by Crippen LogP contribution is -2.48. The van der Waals surface area contributed by atoms with Crippen molar-refractivity contribution in [2.75, 3.05) is 0 Å². The first kappa shape index (κ1) is 20.4. The first-order chi connectivity index (χ1) is 15.9. The number of allylic oxidation sites excluding steroid dienone is 2. The predicted molar refractivity (Wildman–Crippen MR) is 122 cm³/mol. The van der Waals surface area contributed by atoms with E-state index in [2.05, 4.69) is 12.2 Å². The van der Waals surface area contributed by atoms with E-state index in [9.17, 15) is 14.4 Å². The smallest absolute Gasteiger partial charge is 0.335 e. The number of carbonyl (C=O) groups excluding carboxylic acids is 3. The molecule has 0 spiro atoms. The molecular weight excluding hydrogens is 414 g/mol. The fourth-order valence-electron chi connectivity index (χ4n) is 6.58. The highest BCUT2D eigenvalue weighted by atomic mass is 16.5. The molecule has 4 aliphatic carbocycles. The summed E-state index contributed by atoms with van der Waals surface area (Å²) in [6.07, 6.45) is 5.65. The van der Waals surface area contributed by atoms with E-state index < -0.39 is 12.0 Å². The lowest BCUT2D eigenvalue weighted by molar-refractivity contribution is -0.153. The van der Waals surface area contributed by atoms with Crippen molar-refractivity contribution in [3.05, 3.63) is 77.4 Å². The van der Waals surface area contributed by atoms with Gasteiger partial charge in [0.05, 0.1) is 11.8 Å². The van der Waals surface area contributed by atoms with Gasteiger partial charge in [-0.1, -0.05) is 48.6 Å². The van der Waals surface area contributed by atoms with E-state index in [-0.39, 0.29) is 41.9 Å². The van der Waals surface area contributed by atoms with Gasteiger partial charge in [-0.3, -0.25) is 14.5 Å². The van der Waals surface area contributed by atoms with Gasteiger partial charge in [0, 0.05) is 6.42 Å². The van der Waals surface area contributed by atoms with Crippen LogP contribution in [0.1, 0.15) is 23.1 Å². The Kier molecular flexibility index (Phi) is 4.58. The second kappa shape index (κ2) is 7.41. The third-order valence-electron chi connectivity index (χ3n) is 7.97. The second-order valence-electron chi connectivity index (χ2n) is 10.2. The van der Waals surface area contributed by atoms with Crippen LogP contribution in [0.3, 0.4) is 0 Å². The third kappa shape index (κ3) is 3.25. The summed E-state index contributed by atoms with van der Waals surface area (Å²) < 4.78 is 5.77. The van der Waals surface area contributed by atoms with Gasteiger partial charge >= 0.3 is 5.97 Å². The van der Waals surface area contributed by atoms with Crippen LogP contribution in [0.5, 0.6) is 5.75 Å². The number of hydrogen-bond acceptors (Lipinski definition) is 4. The van der Waals surface area contributed by atoms with E-state index in [1.54, 1.807) is 12.1 Å². The lowest BCUT2D eigenvalue weighted by atomic mass is 9.63. The fraction of sp³-hybridized carbons (Fsp3) is 0.393. The van der Waals surface area contributed by atoms with Crippen LogP contribution in [0.4, 0.5) is 0 Å². The van der Waals surface area contributed by atoms with Crippen molar-refractivity contribution in [3.8, 4) is 5.75 Å². The topological polar surface area (TPSA) is 63.7 Å². The van der Waals surface area contributed by atoms with Crippen molar-refractivity contribution in [1.29, 1.82) is 0 Å². The molecule has 0 aromatic heterocycles. The molecule has 2 aromatic carbocycles. The summed E-state index contributed by atoms with van der Waals surface area (Å²) in [6.45, 7) is 3.89. The highest BCUT2D eigenvalue weighted by molar-refractivity contribution is 6.09.